The number of methoxy groups -OCH3 is 1. The van der Waals surface area contributed by atoms with E-state index < -0.39 is 0 Å². The minimum absolute atomic E-state index is 0. The van der Waals surface area contributed by atoms with Crippen molar-refractivity contribution >= 4 is 11.6 Å². The summed E-state index contributed by atoms with van der Waals surface area (Å²) in [5.74, 6) is 0.862. The number of nitrogens with one attached hydrogen (secondary N) is 1. The molecule has 0 saturated heterocycles. The van der Waals surface area contributed by atoms with Crippen molar-refractivity contribution in [3.8, 4) is 5.75 Å². The quantitative estimate of drug-likeness (QED) is 0.193. The molecular formula is C34H55ClN6O2Y3-6. The Morgan fingerprint density at radius 1 is 0.739 bits per heavy atom. The number of ether oxygens (including phenoxy) is 1. The smallest absolute Gasteiger partial charge is 0.190 e. The molecule has 3 heterocycles. The van der Waals surface area contributed by atoms with Crippen LogP contribution in [0.4, 0.5) is 0 Å². The van der Waals surface area contributed by atoms with Gasteiger partial charge in [-0.1, -0.05) is 31.2 Å². The van der Waals surface area contributed by atoms with Gasteiger partial charge in [-0.05, 0) is 12.1 Å². The fourth-order valence-corrected chi connectivity index (χ4v) is 3.47. The van der Waals surface area contributed by atoms with Crippen LogP contribution in [-0.2, 0) is 118 Å². The fourth-order valence-electron chi connectivity index (χ4n) is 3.30. The van der Waals surface area contributed by atoms with Gasteiger partial charge >= 0.3 is 0 Å². The van der Waals surface area contributed by atoms with E-state index in [4.69, 9.17) is 16.3 Å². The molecule has 0 saturated carbocycles. The maximum Gasteiger partial charge on any atom is 0.190 e. The number of hydrogen-bond acceptors (Lipinski definition) is 4. The first-order valence-corrected chi connectivity index (χ1v) is 13.2. The number of hydrogen-bond donors (Lipinski definition) is 1. The van der Waals surface area contributed by atoms with Crippen LogP contribution in [0.1, 0.15) is 16.7 Å². The van der Waals surface area contributed by atoms with Gasteiger partial charge in [-0.15, -0.1) is 0 Å². The van der Waals surface area contributed by atoms with Gasteiger partial charge in [0.15, 0.2) is 5.43 Å². The van der Waals surface area contributed by atoms with Crippen LogP contribution < -0.4 is 10.2 Å². The molecular weight excluding hydrogens is 827 g/mol. The Labute approximate surface area is 363 Å². The third-order valence-corrected chi connectivity index (χ3v) is 6.47. The predicted octanol–water partition coefficient (Wildman–Crippen LogP) is 6.26. The average Bonchev–Trinajstić information content (AvgIpc) is 2.92. The largest absolute Gasteiger partial charge is 0.496 e. The maximum atomic E-state index is 11.3. The van der Waals surface area contributed by atoms with E-state index >= 15 is 0 Å². The molecule has 0 amide bonds. The van der Waals surface area contributed by atoms with Crippen molar-refractivity contribution in [2.45, 2.75) is 19.6 Å². The topological polar surface area (TPSA) is 67.9 Å². The molecule has 3 aromatic heterocycles. The molecule has 0 aliphatic carbocycles. The number of H-pyrrole nitrogens is 1. The van der Waals surface area contributed by atoms with Crippen LogP contribution in [0, 0.1) is 64.2 Å². The van der Waals surface area contributed by atoms with E-state index in [2.05, 4.69) is 56.9 Å². The summed E-state index contributed by atoms with van der Waals surface area (Å²) in [6.45, 7) is 15.7. The molecule has 46 heavy (non-hydrogen) atoms. The molecule has 3 aromatic rings. The second kappa shape index (κ2) is 29.3. The van der Waals surface area contributed by atoms with Crippen LogP contribution >= 0.6 is 11.6 Å². The Kier molecular flexibility index (Phi) is 37.4. The summed E-state index contributed by atoms with van der Waals surface area (Å²) in [4.78, 5) is 22.3. The zero-order valence-corrected chi connectivity index (χ0v) is 38.6. The van der Waals surface area contributed by atoms with Gasteiger partial charge in [-0.25, -0.2) is 0 Å². The molecule has 1 N–H and O–H groups in total. The van der Waals surface area contributed by atoms with E-state index in [-0.39, 0.29) is 126 Å². The van der Waals surface area contributed by atoms with E-state index in [1.165, 1.54) is 6.07 Å². The molecule has 8 nitrogen and oxygen atoms in total. The maximum absolute atomic E-state index is 11.3. The van der Waals surface area contributed by atoms with Crippen molar-refractivity contribution in [3.05, 3.63) is 152 Å². The second-order valence-electron chi connectivity index (χ2n) is 10.7. The van der Waals surface area contributed by atoms with E-state index in [9.17, 15) is 4.79 Å². The Morgan fingerprint density at radius 3 is 1.57 bits per heavy atom. The van der Waals surface area contributed by atoms with E-state index in [0.29, 0.717) is 26.5 Å². The first kappa shape index (κ1) is 58.7. The van der Waals surface area contributed by atoms with Crippen LogP contribution in [0.25, 0.3) is 0 Å². The van der Waals surface area contributed by atoms with E-state index in [0.717, 1.165) is 53.6 Å². The summed E-state index contributed by atoms with van der Waals surface area (Å²) >= 11 is 5.99. The standard InChI is InChI=1S/C11H17N2O.C10H14ClN2.C10H15N2O.3CH3.3Y/c1-5-13(2,3)9-10-8-12-7-6-11(10)14-4;1-4-13(2,3)8-9-7-12-6-5-10(9)11;1-4-12(2,3)8-9-7-11-6-5-10(9)13;;;;;;/h6-8H,1-2,5,9H2,3-4H3;5-7H,1-2,4,8H2,3H3;5-7H,1-2,4,8H2,3H3,(H,11,13);3*1H3;;;/q6*-1;;;. The monoisotopic (exact) mass is 881 g/mol. The molecule has 0 aromatic carbocycles. The molecule has 0 fully saturated rings. The molecule has 12 heteroatoms. The zero-order valence-electron chi connectivity index (χ0n) is 29.3. The van der Waals surface area contributed by atoms with Gasteiger partial charge in [0.1, 0.15) is 5.75 Å². The predicted molar refractivity (Wildman–Crippen MR) is 183 cm³/mol. The number of rotatable bonds is 10. The fraction of sp³-hybridized carbons (Fsp3) is 0.294. The molecule has 0 spiro atoms. The molecule has 3 rings (SSSR count). The summed E-state index contributed by atoms with van der Waals surface area (Å²) in [5.41, 5.74) is 2.89. The summed E-state index contributed by atoms with van der Waals surface area (Å²) in [7, 11) is 19.7. The van der Waals surface area contributed by atoms with Gasteiger partial charge in [0.2, 0.25) is 0 Å². The first-order chi connectivity index (χ1) is 18.7. The van der Waals surface area contributed by atoms with Gasteiger partial charge in [-0.2, -0.15) is 21.1 Å². The van der Waals surface area contributed by atoms with Crippen molar-refractivity contribution in [1.82, 2.24) is 15.0 Å². The summed E-state index contributed by atoms with van der Waals surface area (Å²) in [6.07, 6.45) is 10.3. The van der Waals surface area contributed by atoms with Crippen molar-refractivity contribution in [2.75, 3.05) is 47.9 Å². The van der Waals surface area contributed by atoms with Crippen LogP contribution in [0.2, 0.25) is 5.02 Å². The third kappa shape index (κ3) is 23.8. The Balaban J connectivity index is -0.000000123. The van der Waals surface area contributed by atoms with Crippen molar-refractivity contribution in [2.24, 2.45) is 0 Å². The number of halogens is 1. The Bertz CT molecular complexity index is 1230. The summed E-state index contributed by atoms with van der Waals surface area (Å²) in [5, 5.41) is 0.747. The molecule has 3 radical (unpaired) electrons. The SMILES string of the molecule is [CH2-]C[N+]([CH2-])(C)Cc1c[nH]ccc1=O.[CH2-]C[N+]([CH2-])(C)Cc1cnccc1Cl.[CH2-]C[N+]([CH2-])(C)Cc1cnccc1OC.[CH3-].[CH3-].[CH3-].[Y].[Y].[Y]. The summed E-state index contributed by atoms with van der Waals surface area (Å²) in [6, 6.07) is 5.18. The van der Waals surface area contributed by atoms with E-state index in [1.807, 2.05) is 33.4 Å². The number of pyridine rings is 3. The molecule has 0 aliphatic heterocycles. The van der Waals surface area contributed by atoms with Crippen molar-refractivity contribution in [1.29, 1.82) is 0 Å². The minimum atomic E-state index is 0. The van der Waals surface area contributed by atoms with Gasteiger partial charge < -0.3 is 45.4 Å². The van der Waals surface area contributed by atoms with Crippen molar-refractivity contribution < 1.29 is 116 Å². The Hall–Kier alpha value is 0.532. The van der Waals surface area contributed by atoms with E-state index in [1.54, 1.807) is 44.2 Å². The third-order valence-electron chi connectivity index (χ3n) is 6.10. The molecule has 0 aliphatic rings. The van der Waals surface area contributed by atoms with Gasteiger partial charge in [0.25, 0.3) is 0 Å². The van der Waals surface area contributed by atoms with Gasteiger partial charge in [0.05, 0.1) is 42.9 Å². The molecule has 255 valence electrons. The zero-order chi connectivity index (χ0) is 30.4. The average molecular weight is 882 g/mol. The molecule has 0 bridgehead atoms. The number of nitrogens with zero attached hydrogens (tertiary/aromatic N) is 5. The molecule has 3 unspecified atom stereocenters. The van der Waals surface area contributed by atoms with Gasteiger partial charge in [-0.3, -0.25) is 35.5 Å². The second-order valence-corrected chi connectivity index (χ2v) is 11.1. The Morgan fingerprint density at radius 2 is 1.15 bits per heavy atom. The van der Waals surface area contributed by atoms with Gasteiger partial charge in [0, 0.05) is 168 Å². The number of aromatic nitrogens is 3. The van der Waals surface area contributed by atoms with Crippen molar-refractivity contribution in [3.63, 3.8) is 0 Å². The number of aromatic amines is 1. The molecule has 3 atom stereocenters. The first-order valence-electron chi connectivity index (χ1n) is 12.8. The van der Waals surface area contributed by atoms with Crippen LogP contribution in [-0.4, -0.2) is 76.3 Å². The van der Waals surface area contributed by atoms with Crippen LogP contribution in [0.5, 0.6) is 5.75 Å². The van der Waals surface area contributed by atoms with Crippen LogP contribution in [0.15, 0.2) is 60.2 Å². The minimum Gasteiger partial charge on any atom is -0.496 e. The normalized spacial score (nSPS) is 13.2. The number of quaternary nitrogens is 3. The van der Waals surface area contributed by atoms with Crippen LogP contribution in [0.3, 0.4) is 0 Å². The summed E-state index contributed by atoms with van der Waals surface area (Å²) < 4.78 is 6.88.